The molecule has 0 radical (unpaired) electrons. The summed E-state index contributed by atoms with van der Waals surface area (Å²) in [6.45, 7) is 23.6. The van der Waals surface area contributed by atoms with Crippen LogP contribution in [-0.4, -0.2) is 49.1 Å². The van der Waals surface area contributed by atoms with Crippen LogP contribution in [0.25, 0.3) is 0 Å². The summed E-state index contributed by atoms with van der Waals surface area (Å²) in [6, 6.07) is 0. The minimum atomic E-state index is 0.353. The van der Waals surface area contributed by atoms with E-state index in [0.717, 1.165) is 44.5 Å². The number of ether oxygens (including phenoxy) is 2. The van der Waals surface area contributed by atoms with Gasteiger partial charge in [0.05, 0.1) is 23.7 Å². The van der Waals surface area contributed by atoms with E-state index in [1.54, 1.807) is 6.08 Å². The van der Waals surface area contributed by atoms with E-state index in [0.29, 0.717) is 18.0 Å². The summed E-state index contributed by atoms with van der Waals surface area (Å²) in [7, 11) is 0. The molecule has 1 unspecified atom stereocenters. The molecule has 342 valence electrons. The lowest BCUT2D eigenvalue weighted by atomic mass is 10.0. The molecule has 5 nitrogen and oxygen atoms in total. The van der Waals surface area contributed by atoms with Crippen LogP contribution in [0.4, 0.5) is 0 Å². The zero-order chi connectivity index (χ0) is 42.6. The fraction of sp³-hybridized carbons (Fsp3) is 0.868. The van der Waals surface area contributed by atoms with Crippen LogP contribution in [0.15, 0.2) is 41.8 Å². The molecule has 0 fully saturated rings. The quantitative estimate of drug-likeness (QED) is 0.0288. The van der Waals surface area contributed by atoms with Crippen molar-refractivity contribution in [3.05, 3.63) is 36.8 Å². The van der Waals surface area contributed by atoms with Crippen molar-refractivity contribution in [1.82, 2.24) is 4.90 Å². The number of hydrogen-bond donors (Lipinski definition) is 1. The van der Waals surface area contributed by atoms with E-state index >= 15 is 0 Å². The van der Waals surface area contributed by atoms with Crippen LogP contribution in [0, 0.1) is 0 Å². The number of nitrogens with zero attached hydrogens (tertiary/aromatic N) is 2. The molecule has 0 aromatic rings. The topological polar surface area (TPSA) is 60.1 Å². The molecule has 0 aliphatic heterocycles. The van der Waals surface area contributed by atoms with Gasteiger partial charge in [0, 0.05) is 19.4 Å². The molecule has 0 amide bonds. The van der Waals surface area contributed by atoms with Crippen molar-refractivity contribution in [1.29, 1.82) is 0 Å². The van der Waals surface area contributed by atoms with E-state index in [-0.39, 0.29) is 0 Å². The molecule has 0 heterocycles. The number of rotatable bonds is 47. The highest BCUT2D eigenvalue weighted by Crippen LogP contribution is 2.23. The Bertz CT molecular complexity index is 930. The van der Waals surface area contributed by atoms with Gasteiger partial charge in [-0.25, -0.2) is 0 Å². The van der Waals surface area contributed by atoms with Crippen LogP contribution in [-0.2, 0) is 9.47 Å². The van der Waals surface area contributed by atoms with Gasteiger partial charge in [-0.2, -0.15) is 0 Å². The smallest absolute Gasteiger partial charge is 0.117 e. The molecule has 1 atom stereocenters. The highest BCUT2D eigenvalue weighted by molar-refractivity contribution is 5.90. The summed E-state index contributed by atoms with van der Waals surface area (Å²) in [4.78, 5) is 7.14. The second-order valence-corrected chi connectivity index (χ2v) is 17.6. The molecule has 0 saturated heterocycles. The lowest BCUT2D eigenvalue weighted by Crippen LogP contribution is -2.28. The third-order valence-corrected chi connectivity index (χ3v) is 12.0. The normalized spacial score (nSPS) is 12.8. The molecule has 2 N–H and O–H groups in total. The molecule has 5 heteroatoms. The molecular weight excluding hydrogens is 711 g/mol. The van der Waals surface area contributed by atoms with Crippen molar-refractivity contribution >= 4 is 5.84 Å². The third-order valence-electron chi connectivity index (χ3n) is 12.0. The van der Waals surface area contributed by atoms with Crippen molar-refractivity contribution in [3.63, 3.8) is 0 Å². The number of aliphatic imine (C=N–C) groups is 1. The average molecular weight is 814 g/mol. The van der Waals surface area contributed by atoms with Gasteiger partial charge < -0.3 is 20.1 Å². The molecule has 0 bridgehead atoms. The van der Waals surface area contributed by atoms with Gasteiger partial charge in [-0.3, -0.25) is 4.99 Å². The van der Waals surface area contributed by atoms with Crippen LogP contribution in [0.1, 0.15) is 259 Å². The molecule has 0 aromatic carbocycles. The zero-order valence-electron chi connectivity index (χ0n) is 40.1. The van der Waals surface area contributed by atoms with E-state index in [9.17, 15) is 0 Å². The second-order valence-electron chi connectivity index (χ2n) is 17.6. The van der Waals surface area contributed by atoms with Gasteiger partial charge in [-0.1, -0.05) is 176 Å². The lowest BCUT2D eigenvalue weighted by molar-refractivity contribution is 0.0880. The SMILES string of the molecule is C=CC(N)=NCCCN(CCCCCCCC(=C)OC(CC)CCCCCCCC)CCCCCCC/C(=C\C)OC(CCCCCCCC)CCCCCCCC. The van der Waals surface area contributed by atoms with Gasteiger partial charge in [-0.15, -0.1) is 0 Å². The number of unbranched alkanes of at least 4 members (excludes halogenated alkanes) is 23. The molecular formula is C53H103N3O2. The van der Waals surface area contributed by atoms with Crippen molar-refractivity contribution < 1.29 is 9.47 Å². The summed E-state index contributed by atoms with van der Waals surface area (Å²) in [6.07, 6.45) is 49.8. The minimum Gasteiger partial charge on any atom is -0.495 e. The predicted octanol–water partition coefficient (Wildman–Crippen LogP) is 16.8. The molecule has 0 aliphatic rings. The van der Waals surface area contributed by atoms with Gasteiger partial charge >= 0.3 is 0 Å². The number of allylic oxidation sites excluding steroid dienone is 3. The third kappa shape index (κ3) is 38.5. The summed E-state index contributed by atoms with van der Waals surface area (Å²) in [5.41, 5.74) is 5.87. The Morgan fingerprint density at radius 3 is 1.41 bits per heavy atom. The van der Waals surface area contributed by atoms with Gasteiger partial charge in [0.1, 0.15) is 5.84 Å². The van der Waals surface area contributed by atoms with Crippen LogP contribution in [0.5, 0.6) is 0 Å². The predicted molar refractivity (Wildman–Crippen MR) is 260 cm³/mol. The van der Waals surface area contributed by atoms with Crippen molar-refractivity contribution in [2.24, 2.45) is 10.7 Å². The Kier molecular flexibility index (Phi) is 43.4. The first-order chi connectivity index (χ1) is 28.4. The first-order valence-electron chi connectivity index (χ1n) is 25.7. The fourth-order valence-corrected chi connectivity index (χ4v) is 8.10. The first kappa shape index (κ1) is 56.2. The zero-order valence-corrected chi connectivity index (χ0v) is 40.1. The van der Waals surface area contributed by atoms with Crippen molar-refractivity contribution in [2.45, 2.75) is 272 Å². The summed E-state index contributed by atoms with van der Waals surface area (Å²) in [5.74, 6) is 2.81. The number of hydrogen-bond acceptors (Lipinski definition) is 4. The largest absolute Gasteiger partial charge is 0.495 e. The molecule has 0 spiro atoms. The monoisotopic (exact) mass is 814 g/mol. The Morgan fingerprint density at radius 1 is 0.534 bits per heavy atom. The van der Waals surface area contributed by atoms with Crippen LogP contribution in [0.2, 0.25) is 0 Å². The summed E-state index contributed by atoms with van der Waals surface area (Å²) in [5, 5.41) is 0. The van der Waals surface area contributed by atoms with Crippen LogP contribution >= 0.6 is 0 Å². The Hall–Kier alpha value is -1.75. The molecule has 0 aliphatic carbocycles. The first-order valence-corrected chi connectivity index (χ1v) is 25.7. The van der Waals surface area contributed by atoms with Gasteiger partial charge in [-0.05, 0) is 116 Å². The average Bonchev–Trinajstić information content (AvgIpc) is 3.23. The van der Waals surface area contributed by atoms with Crippen molar-refractivity contribution in [2.75, 3.05) is 26.2 Å². The highest BCUT2D eigenvalue weighted by atomic mass is 16.5. The van der Waals surface area contributed by atoms with Crippen LogP contribution in [0.3, 0.4) is 0 Å². The molecule has 58 heavy (non-hydrogen) atoms. The van der Waals surface area contributed by atoms with Crippen molar-refractivity contribution in [3.8, 4) is 0 Å². The Labute approximate surface area is 364 Å². The van der Waals surface area contributed by atoms with Gasteiger partial charge in [0.25, 0.3) is 0 Å². The molecule has 0 saturated carbocycles. The molecule has 0 rings (SSSR count). The van der Waals surface area contributed by atoms with Gasteiger partial charge in [0.2, 0.25) is 0 Å². The van der Waals surface area contributed by atoms with E-state index < -0.39 is 0 Å². The molecule has 0 aromatic heterocycles. The van der Waals surface area contributed by atoms with E-state index in [1.165, 1.54) is 218 Å². The highest BCUT2D eigenvalue weighted by Gasteiger charge is 2.13. The maximum Gasteiger partial charge on any atom is 0.117 e. The minimum absolute atomic E-state index is 0.353. The van der Waals surface area contributed by atoms with E-state index in [4.69, 9.17) is 15.2 Å². The maximum absolute atomic E-state index is 6.73. The van der Waals surface area contributed by atoms with E-state index in [2.05, 4.69) is 63.7 Å². The standard InChI is InChI=1S/C53H103N3O2/c1-8-14-17-20-26-33-41-50(11-4)57-49(7)40-32-25-23-30-37-46-56(48-39-45-55-53(54)13-6)47-38-31-24-29-34-42-51(12-5)58-52(43-35-27-21-18-15-9-2)44-36-28-22-19-16-10-3/h12-13,50,52H,6-11,14-48H2,1-5H3,(H2,54,55)/b51-12+. The summed E-state index contributed by atoms with van der Waals surface area (Å²) < 4.78 is 13.0. The number of amidine groups is 1. The Morgan fingerprint density at radius 2 is 0.948 bits per heavy atom. The second kappa shape index (κ2) is 44.8. The lowest BCUT2D eigenvalue weighted by Gasteiger charge is -2.22. The Balaban J connectivity index is 4.51. The summed E-state index contributed by atoms with van der Waals surface area (Å²) >= 11 is 0. The van der Waals surface area contributed by atoms with Gasteiger partial charge in [0.15, 0.2) is 0 Å². The number of nitrogens with two attached hydrogens (primary N) is 1. The maximum atomic E-state index is 6.73. The van der Waals surface area contributed by atoms with E-state index in [1.807, 2.05) is 0 Å². The van der Waals surface area contributed by atoms with Crippen LogP contribution < -0.4 is 5.73 Å². The fourth-order valence-electron chi connectivity index (χ4n) is 8.10.